The highest BCUT2D eigenvalue weighted by atomic mass is 16.5. The Kier molecular flexibility index (Phi) is 5.43. The van der Waals surface area contributed by atoms with Crippen LogP contribution in [0.3, 0.4) is 0 Å². The number of methoxy groups -OCH3 is 1. The topological polar surface area (TPSA) is 93.2 Å². The van der Waals surface area contributed by atoms with E-state index in [0.29, 0.717) is 5.65 Å². The maximum absolute atomic E-state index is 12.6. The largest absolute Gasteiger partial charge is 0.364 e. The molecule has 1 fully saturated rings. The van der Waals surface area contributed by atoms with E-state index in [-0.39, 0.29) is 23.5 Å². The van der Waals surface area contributed by atoms with Gasteiger partial charge in [0.25, 0.3) is 11.5 Å². The summed E-state index contributed by atoms with van der Waals surface area (Å²) >= 11 is 0. The molecule has 4 aromatic rings. The number of imidazole rings is 1. The van der Waals surface area contributed by atoms with E-state index in [2.05, 4.69) is 39.5 Å². The van der Waals surface area contributed by atoms with E-state index in [1.165, 1.54) is 16.9 Å². The molecule has 0 unspecified atom stereocenters. The quantitative estimate of drug-likeness (QED) is 0.438. The minimum Gasteiger partial charge on any atom is -0.364 e. The minimum absolute atomic E-state index is 0.0864. The Bertz CT molecular complexity index is 1380. The SMILES string of the molecule is COC1(N(C)Cc2ccc3nc(CNC(=O)c4cc(=O)n5ccccc5n4)cn3c2)CCC1. The first-order valence-electron chi connectivity index (χ1n) is 11.0. The highest BCUT2D eigenvalue weighted by molar-refractivity contribution is 5.92. The average Bonchev–Trinajstić information content (AvgIpc) is 3.19. The second kappa shape index (κ2) is 8.42. The van der Waals surface area contributed by atoms with E-state index in [1.54, 1.807) is 31.5 Å². The van der Waals surface area contributed by atoms with Crippen LogP contribution in [-0.4, -0.2) is 49.5 Å². The molecule has 0 aliphatic heterocycles. The van der Waals surface area contributed by atoms with E-state index in [0.717, 1.165) is 36.3 Å². The van der Waals surface area contributed by atoms with Gasteiger partial charge < -0.3 is 14.5 Å². The summed E-state index contributed by atoms with van der Waals surface area (Å²) in [4.78, 5) is 35.9. The van der Waals surface area contributed by atoms with Crippen molar-refractivity contribution in [3.8, 4) is 0 Å². The Balaban J connectivity index is 1.28. The molecule has 1 amide bonds. The lowest BCUT2D eigenvalue weighted by Gasteiger charge is -2.47. The molecule has 4 heterocycles. The van der Waals surface area contributed by atoms with Gasteiger partial charge in [0, 0.05) is 38.3 Å². The lowest BCUT2D eigenvalue weighted by molar-refractivity contribution is -0.179. The lowest BCUT2D eigenvalue weighted by Crippen LogP contribution is -2.52. The number of pyridine rings is 2. The Morgan fingerprint density at radius 3 is 2.79 bits per heavy atom. The van der Waals surface area contributed by atoms with Gasteiger partial charge in [-0.2, -0.15) is 0 Å². The van der Waals surface area contributed by atoms with Gasteiger partial charge >= 0.3 is 0 Å². The van der Waals surface area contributed by atoms with Crippen molar-refractivity contribution in [2.24, 2.45) is 0 Å². The molecular formula is C24H26N6O3. The van der Waals surface area contributed by atoms with Gasteiger partial charge in [-0.3, -0.25) is 18.9 Å². The molecule has 0 atom stereocenters. The van der Waals surface area contributed by atoms with E-state index >= 15 is 0 Å². The molecule has 4 aromatic heterocycles. The molecule has 9 heteroatoms. The van der Waals surface area contributed by atoms with Crippen molar-refractivity contribution in [1.29, 1.82) is 0 Å². The highest BCUT2D eigenvalue weighted by Gasteiger charge is 2.40. The number of ether oxygens (including phenoxy) is 1. The second-order valence-corrected chi connectivity index (χ2v) is 8.49. The van der Waals surface area contributed by atoms with Crippen molar-refractivity contribution < 1.29 is 9.53 Å². The molecular weight excluding hydrogens is 420 g/mol. The van der Waals surface area contributed by atoms with Crippen LogP contribution in [-0.2, 0) is 17.8 Å². The van der Waals surface area contributed by atoms with Crippen LogP contribution >= 0.6 is 0 Å². The van der Waals surface area contributed by atoms with Gasteiger partial charge in [-0.05, 0) is 50.1 Å². The van der Waals surface area contributed by atoms with Gasteiger partial charge in [0.1, 0.15) is 22.7 Å². The molecule has 0 saturated heterocycles. The van der Waals surface area contributed by atoms with Gasteiger partial charge in [0.05, 0.1) is 12.2 Å². The van der Waals surface area contributed by atoms with Crippen LogP contribution in [0.5, 0.6) is 0 Å². The van der Waals surface area contributed by atoms with E-state index < -0.39 is 5.91 Å². The van der Waals surface area contributed by atoms with Crippen molar-refractivity contribution >= 4 is 17.2 Å². The molecule has 9 nitrogen and oxygen atoms in total. The maximum Gasteiger partial charge on any atom is 0.270 e. The van der Waals surface area contributed by atoms with Crippen LogP contribution in [0.4, 0.5) is 0 Å². The molecule has 1 saturated carbocycles. The number of amides is 1. The van der Waals surface area contributed by atoms with E-state index in [1.807, 2.05) is 16.7 Å². The van der Waals surface area contributed by atoms with Gasteiger partial charge in [0.2, 0.25) is 0 Å². The van der Waals surface area contributed by atoms with Crippen molar-refractivity contribution in [3.63, 3.8) is 0 Å². The predicted molar refractivity (Wildman–Crippen MR) is 123 cm³/mol. The number of fused-ring (bicyclic) bond motifs is 2. The summed E-state index contributed by atoms with van der Waals surface area (Å²) in [5.74, 6) is -0.414. The molecule has 0 radical (unpaired) electrons. The molecule has 5 rings (SSSR count). The number of hydrogen-bond donors (Lipinski definition) is 1. The third kappa shape index (κ3) is 4.01. The zero-order valence-corrected chi connectivity index (χ0v) is 18.7. The molecule has 0 spiro atoms. The Labute approximate surface area is 190 Å². The van der Waals surface area contributed by atoms with Crippen LogP contribution in [0.25, 0.3) is 11.3 Å². The first-order chi connectivity index (χ1) is 16.0. The number of nitrogens with one attached hydrogen (secondary N) is 1. The van der Waals surface area contributed by atoms with Crippen molar-refractivity contribution in [3.05, 3.63) is 82.3 Å². The number of carbonyl (C=O) groups is 1. The number of carbonyl (C=O) groups excluding carboxylic acids is 1. The normalized spacial score (nSPS) is 15.1. The highest BCUT2D eigenvalue weighted by Crippen LogP contribution is 2.38. The number of nitrogens with zero attached hydrogens (tertiary/aromatic N) is 5. The third-order valence-corrected chi connectivity index (χ3v) is 6.43. The number of aromatic nitrogens is 4. The number of hydrogen-bond acceptors (Lipinski definition) is 6. The first kappa shape index (κ1) is 21.3. The fourth-order valence-corrected chi connectivity index (χ4v) is 4.34. The summed E-state index contributed by atoms with van der Waals surface area (Å²) in [7, 11) is 3.87. The van der Waals surface area contributed by atoms with Crippen LogP contribution in [0.15, 0.2) is 59.8 Å². The molecule has 1 N–H and O–H groups in total. The molecule has 170 valence electrons. The Morgan fingerprint density at radius 2 is 2.03 bits per heavy atom. The van der Waals surface area contributed by atoms with Crippen molar-refractivity contribution in [2.75, 3.05) is 14.2 Å². The van der Waals surface area contributed by atoms with Gasteiger partial charge in [-0.1, -0.05) is 12.1 Å². The monoisotopic (exact) mass is 446 g/mol. The van der Waals surface area contributed by atoms with Gasteiger partial charge in [-0.25, -0.2) is 9.97 Å². The summed E-state index contributed by atoms with van der Waals surface area (Å²) in [6, 6.07) is 10.5. The standard InChI is InChI=1S/C24H26N6O3/c1-28(24(33-2)9-5-10-24)14-17-7-8-20-26-18(16-29(20)15-17)13-25-23(32)19-12-22(31)30-11-4-3-6-21(30)27-19/h3-4,6-8,11-12,15-16H,5,9-10,13-14H2,1-2H3,(H,25,32). The van der Waals surface area contributed by atoms with Crippen molar-refractivity contribution in [2.45, 2.75) is 38.1 Å². The Hall–Kier alpha value is -3.56. The molecule has 1 aliphatic carbocycles. The molecule has 1 aliphatic rings. The van der Waals surface area contributed by atoms with Gasteiger partial charge in [0.15, 0.2) is 0 Å². The minimum atomic E-state index is -0.414. The average molecular weight is 447 g/mol. The van der Waals surface area contributed by atoms with Crippen LogP contribution in [0.2, 0.25) is 0 Å². The van der Waals surface area contributed by atoms with E-state index in [4.69, 9.17) is 4.74 Å². The summed E-state index contributed by atoms with van der Waals surface area (Å²) in [6.07, 6.45) is 8.87. The van der Waals surface area contributed by atoms with Crippen LogP contribution in [0, 0.1) is 0 Å². The van der Waals surface area contributed by atoms with Gasteiger partial charge in [-0.15, -0.1) is 0 Å². The molecule has 33 heavy (non-hydrogen) atoms. The summed E-state index contributed by atoms with van der Waals surface area (Å²) in [6.45, 7) is 1.01. The second-order valence-electron chi connectivity index (χ2n) is 8.49. The number of rotatable bonds is 7. The predicted octanol–water partition coefficient (Wildman–Crippen LogP) is 2.23. The van der Waals surface area contributed by atoms with E-state index in [9.17, 15) is 9.59 Å². The summed E-state index contributed by atoms with van der Waals surface area (Å²) in [5, 5.41) is 2.81. The first-order valence-corrected chi connectivity index (χ1v) is 11.0. The van der Waals surface area contributed by atoms with Crippen LogP contribution < -0.4 is 10.9 Å². The van der Waals surface area contributed by atoms with Crippen LogP contribution in [0.1, 0.15) is 41.0 Å². The van der Waals surface area contributed by atoms with Crippen molar-refractivity contribution in [1.82, 2.24) is 29.0 Å². The lowest BCUT2D eigenvalue weighted by atomic mass is 9.86. The summed E-state index contributed by atoms with van der Waals surface area (Å²) in [5.41, 5.74) is 2.74. The third-order valence-electron chi connectivity index (χ3n) is 6.43. The maximum atomic E-state index is 12.6. The zero-order chi connectivity index (χ0) is 23.0. The Morgan fingerprint density at radius 1 is 1.18 bits per heavy atom. The fourth-order valence-electron chi connectivity index (χ4n) is 4.34. The molecule has 0 bridgehead atoms. The summed E-state index contributed by atoms with van der Waals surface area (Å²) < 4.78 is 9.12. The fraction of sp³-hybridized carbons (Fsp3) is 0.333. The molecule has 0 aromatic carbocycles. The smallest absolute Gasteiger partial charge is 0.270 e. The zero-order valence-electron chi connectivity index (χ0n) is 18.7.